The Morgan fingerprint density at radius 3 is 2.63 bits per heavy atom. The second kappa shape index (κ2) is 8.60. The van der Waals surface area contributed by atoms with Gasteiger partial charge in [-0.2, -0.15) is 0 Å². The number of sulfone groups is 1. The molecular formula is C27H30FN3O3S. The molecule has 184 valence electrons. The number of carbonyl (C=O) groups excluding carboxylic acids is 1. The number of hydrogen-bond acceptors (Lipinski definition) is 4. The van der Waals surface area contributed by atoms with Crippen molar-refractivity contribution in [2.75, 3.05) is 37.3 Å². The number of anilines is 1. The van der Waals surface area contributed by atoms with E-state index >= 15 is 0 Å². The average Bonchev–Trinajstić information content (AvgIpc) is 3.21. The molecule has 6 nitrogen and oxygen atoms in total. The second-order valence-electron chi connectivity index (χ2n) is 10.3. The van der Waals surface area contributed by atoms with E-state index in [1.165, 1.54) is 24.0 Å². The number of nitrogens with one attached hydrogen (secondary N) is 1. The summed E-state index contributed by atoms with van der Waals surface area (Å²) in [5, 5.41) is 1.03. The number of aromatic nitrogens is 1. The molecule has 0 unspecified atom stereocenters. The van der Waals surface area contributed by atoms with E-state index in [0.29, 0.717) is 13.0 Å². The summed E-state index contributed by atoms with van der Waals surface area (Å²) in [5.74, 6) is -0.185. The van der Waals surface area contributed by atoms with Crippen molar-refractivity contribution >= 4 is 37.9 Å². The van der Waals surface area contributed by atoms with Crippen LogP contribution in [-0.2, 0) is 21.1 Å². The van der Waals surface area contributed by atoms with E-state index in [1.54, 1.807) is 18.2 Å². The summed E-state index contributed by atoms with van der Waals surface area (Å²) in [6.45, 7) is 6.74. The number of rotatable bonds is 5. The van der Waals surface area contributed by atoms with Crippen LogP contribution >= 0.6 is 0 Å². The van der Waals surface area contributed by atoms with Crippen LogP contribution in [0.5, 0.6) is 0 Å². The van der Waals surface area contributed by atoms with E-state index in [0.717, 1.165) is 53.8 Å². The van der Waals surface area contributed by atoms with Gasteiger partial charge >= 0.3 is 0 Å². The van der Waals surface area contributed by atoms with Gasteiger partial charge in [-0.25, -0.2) is 12.8 Å². The van der Waals surface area contributed by atoms with Crippen molar-refractivity contribution in [2.45, 2.75) is 31.6 Å². The molecular weight excluding hydrogens is 465 g/mol. The maximum absolute atomic E-state index is 13.5. The van der Waals surface area contributed by atoms with E-state index < -0.39 is 15.3 Å². The molecule has 3 aromatic rings. The van der Waals surface area contributed by atoms with Gasteiger partial charge in [-0.05, 0) is 60.4 Å². The predicted molar refractivity (Wildman–Crippen MR) is 137 cm³/mol. The maximum Gasteiger partial charge on any atom is 0.233 e. The van der Waals surface area contributed by atoms with Gasteiger partial charge in [0.05, 0.1) is 4.90 Å². The summed E-state index contributed by atoms with van der Waals surface area (Å²) in [4.78, 5) is 20.9. The lowest BCUT2D eigenvalue weighted by Crippen LogP contribution is -2.49. The van der Waals surface area contributed by atoms with Gasteiger partial charge < -0.3 is 9.88 Å². The highest BCUT2D eigenvalue weighted by Crippen LogP contribution is 2.38. The van der Waals surface area contributed by atoms with Crippen LogP contribution in [0, 0.1) is 11.2 Å². The number of aromatic amines is 1. The van der Waals surface area contributed by atoms with Crippen LogP contribution in [0.4, 0.5) is 10.1 Å². The number of halogens is 1. The first-order chi connectivity index (χ1) is 16.5. The zero-order valence-corrected chi connectivity index (χ0v) is 21.1. The van der Waals surface area contributed by atoms with Crippen molar-refractivity contribution in [3.8, 4) is 0 Å². The third-order valence-corrected chi connectivity index (χ3v) is 8.26. The summed E-state index contributed by atoms with van der Waals surface area (Å²) in [5.41, 5.74) is 4.27. The van der Waals surface area contributed by atoms with Crippen LogP contribution in [0.25, 0.3) is 16.5 Å². The van der Waals surface area contributed by atoms with Crippen molar-refractivity contribution in [2.24, 2.45) is 5.41 Å². The Balaban J connectivity index is 1.31. The largest absolute Gasteiger partial charge is 0.360 e. The Morgan fingerprint density at radius 1 is 1.11 bits per heavy atom. The molecule has 1 N–H and O–H groups in total. The summed E-state index contributed by atoms with van der Waals surface area (Å²) in [6, 6.07) is 9.91. The number of fused-ring (bicyclic) bond motifs is 2. The van der Waals surface area contributed by atoms with E-state index in [4.69, 9.17) is 0 Å². The van der Waals surface area contributed by atoms with Crippen LogP contribution in [0.1, 0.15) is 31.4 Å². The minimum Gasteiger partial charge on any atom is -0.360 e. The molecule has 2 aliphatic heterocycles. The van der Waals surface area contributed by atoms with Gasteiger partial charge in [0.2, 0.25) is 5.91 Å². The van der Waals surface area contributed by atoms with E-state index in [1.807, 2.05) is 31.0 Å². The Hall–Kier alpha value is -2.97. The Kier molecular flexibility index (Phi) is 5.84. The molecule has 2 aromatic carbocycles. The summed E-state index contributed by atoms with van der Waals surface area (Å²) >= 11 is 0. The molecule has 1 aromatic heterocycles. The molecule has 0 spiro atoms. The van der Waals surface area contributed by atoms with E-state index in [9.17, 15) is 17.6 Å². The summed E-state index contributed by atoms with van der Waals surface area (Å²) < 4.78 is 37.6. The molecule has 0 fully saturated rings. The minimum atomic E-state index is -3.31. The van der Waals surface area contributed by atoms with Crippen LogP contribution in [-0.4, -0.2) is 56.6 Å². The summed E-state index contributed by atoms with van der Waals surface area (Å²) in [7, 11) is -3.31. The lowest BCUT2D eigenvalue weighted by atomic mass is 9.80. The van der Waals surface area contributed by atoms with Crippen molar-refractivity contribution in [3.05, 3.63) is 65.6 Å². The minimum absolute atomic E-state index is 0.0661. The first-order valence-corrected chi connectivity index (χ1v) is 13.8. The molecule has 0 aliphatic carbocycles. The third kappa shape index (κ3) is 4.52. The molecule has 35 heavy (non-hydrogen) atoms. The Morgan fingerprint density at radius 2 is 1.91 bits per heavy atom. The third-order valence-electron chi connectivity index (χ3n) is 7.15. The summed E-state index contributed by atoms with van der Waals surface area (Å²) in [6.07, 6.45) is 6.76. The van der Waals surface area contributed by atoms with E-state index in [-0.39, 0.29) is 16.6 Å². The monoisotopic (exact) mass is 495 g/mol. The molecule has 5 rings (SSSR count). The van der Waals surface area contributed by atoms with Crippen molar-refractivity contribution in [3.63, 3.8) is 0 Å². The fourth-order valence-corrected chi connectivity index (χ4v) is 5.88. The molecule has 0 radical (unpaired) electrons. The number of nitrogens with zero attached hydrogens (tertiary/aromatic N) is 2. The highest BCUT2D eigenvalue weighted by molar-refractivity contribution is 7.90. The second-order valence-corrected chi connectivity index (χ2v) is 12.3. The molecule has 0 saturated carbocycles. The van der Waals surface area contributed by atoms with Crippen LogP contribution in [0.2, 0.25) is 0 Å². The van der Waals surface area contributed by atoms with Crippen LogP contribution in [0.15, 0.2) is 53.6 Å². The van der Waals surface area contributed by atoms with Gasteiger partial charge in [-0.3, -0.25) is 9.69 Å². The van der Waals surface area contributed by atoms with Gasteiger partial charge in [0.15, 0.2) is 9.84 Å². The number of hydrogen-bond donors (Lipinski definition) is 1. The highest BCUT2D eigenvalue weighted by Gasteiger charge is 2.39. The van der Waals surface area contributed by atoms with Gasteiger partial charge in [0.1, 0.15) is 5.82 Å². The topological polar surface area (TPSA) is 73.5 Å². The molecule has 3 heterocycles. The van der Waals surface area contributed by atoms with Crippen LogP contribution < -0.4 is 4.90 Å². The molecule has 2 aliphatic rings. The van der Waals surface area contributed by atoms with Crippen molar-refractivity contribution < 1.29 is 17.6 Å². The molecule has 0 atom stereocenters. The van der Waals surface area contributed by atoms with Gasteiger partial charge in [-0.1, -0.05) is 19.9 Å². The van der Waals surface area contributed by atoms with E-state index in [2.05, 4.69) is 16.0 Å². The first kappa shape index (κ1) is 23.8. The zero-order valence-electron chi connectivity index (χ0n) is 20.3. The number of H-pyrrole nitrogens is 1. The fraction of sp³-hybridized carbons (Fsp3) is 0.370. The van der Waals surface area contributed by atoms with Crippen molar-refractivity contribution in [1.82, 2.24) is 9.88 Å². The SMILES string of the molecule is CC1(C)Cc2cc(S(C)(=O)=O)ccc2N(CCN2CC=C(c3c[nH]c4cc(F)ccc34)CC2)C1=O. The number of benzene rings is 2. The lowest BCUT2D eigenvalue weighted by Gasteiger charge is -2.40. The van der Waals surface area contributed by atoms with Gasteiger partial charge in [-0.15, -0.1) is 0 Å². The molecule has 0 bridgehead atoms. The molecule has 8 heteroatoms. The van der Waals surface area contributed by atoms with Gasteiger partial charge in [0.25, 0.3) is 0 Å². The standard InChI is InChI=1S/C27H30FN3O3S/c1-27(2)16-19-14-21(35(3,33)34)5-7-25(19)31(26(27)32)13-12-30-10-8-18(9-11-30)23-17-29-24-15-20(28)4-6-22(23)24/h4-8,14-15,17,29H,9-13,16H2,1-3H3. The molecule has 0 saturated heterocycles. The fourth-order valence-electron chi connectivity index (χ4n) is 5.21. The zero-order chi connectivity index (χ0) is 25.0. The maximum atomic E-state index is 13.5. The molecule has 1 amide bonds. The predicted octanol–water partition coefficient (Wildman–Crippen LogP) is 4.42. The lowest BCUT2D eigenvalue weighted by molar-refractivity contribution is -0.127. The first-order valence-electron chi connectivity index (χ1n) is 11.9. The van der Waals surface area contributed by atoms with Crippen molar-refractivity contribution in [1.29, 1.82) is 0 Å². The number of amides is 1. The Labute approximate surface area is 205 Å². The van der Waals surface area contributed by atoms with Crippen LogP contribution in [0.3, 0.4) is 0 Å². The normalized spacial score (nSPS) is 18.6. The van der Waals surface area contributed by atoms with Gasteiger partial charge in [0, 0.05) is 66.2 Å². The number of carbonyl (C=O) groups is 1. The Bertz CT molecular complexity index is 1460. The quantitative estimate of drug-likeness (QED) is 0.569. The smallest absolute Gasteiger partial charge is 0.233 e. The average molecular weight is 496 g/mol. The highest BCUT2D eigenvalue weighted by atomic mass is 32.2.